The van der Waals surface area contributed by atoms with Crippen molar-refractivity contribution in [3.8, 4) is 0 Å². The van der Waals surface area contributed by atoms with Gasteiger partial charge in [-0.25, -0.2) is 0 Å². The SMILES string of the molecule is C=C(c1ccccc1)N1C(=O)C(F)(F)[C@@H]1c1ccccc1. The quantitative estimate of drug-likeness (QED) is 0.784. The van der Waals surface area contributed by atoms with Gasteiger partial charge in [-0.1, -0.05) is 67.2 Å². The van der Waals surface area contributed by atoms with Crippen LogP contribution in [0.15, 0.2) is 67.2 Å². The maximum atomic E-state index is 14.0. The van der Waals surface area contributed by atoms with Gasteiger partial charge in [-0.15, -0.1) is 0 Å². The molecule has 2 nitrogen and oxygen atoms in total. The Morgan fingerprint density at radius 3 is 2.10 bits per heavy atom. The molecule has 0 unspecified atom stereocenters. The summed E-state index contributed by atoms with van der Waals surface area (Å²) in [6.45, 7) is 3.81. The number of hydrogen-bond acceptors (Lipinski definition) is 1. The average Bonchev–Trinajstić information content (AvgIpc) is 2.52. The Balaban J connectivity index is 1.98. The van der Waals surface area contributed by atoms with Crippen LogP contribution >= 0.6 is 0 Å². The minimum Gasteiger partial charge on any atom is -0.293 e. The van der Waals surface area contributed by atoms with E-state index in [0.29, 0.717) is 16.8 Å². The van der Waals surface area contributed by atoms with E-state index in [0.717, 1.165) is 4.90 Å². The van der Waals surface area contributed by atoms with Crippen LogP contribution in [-0.4, -0.2) is 16.7 Å². The number of carbonyl (C=O) groups excluding carboxylic acids is 1. The van der Waals surface area contributed by atoms with E-state index < -0.39 is 17.9 Å². The van der Waals surface area contributed by atoms with Gasteiger partial charge in [0, 0.05) is 5.70 Å². The highest BCUT2D eigenvalue weighted by Gasteiger charge is 2.64. The zero-order valence-electron chi connectivity index (χ0n) is 11.2. The van der Waals surface area contributed by atoms with Gasteiger partial charge in [-0.2, -0.15) is 8.78 Å². The molecule has 0 aliphatic carbocycles. The summed E-state index contributed by atoms with van der Waals surface area (Å²) in [4.78, 5) is 12.9. The molecule has 1 saturated heterocycles. The lowest BCUT2D eigenvalue weighted by Crippen LogP contribution is -2.62. The number of likely N-dealkylation sites (tertiary alicyclic amines) is 1. The molecule has 1 heterocycles. The Bertz CT molecular complexity index is 682. The lowest BCUT2D eigenvalue weighted by atomic mass is 9.88. The number of alkyl halides is 2. The van der Waals surface area contributed by atoms with Crippen molar-refractivity contribution in [2.24, 2.45) is 0 Å². The van der Waals surface area contributed by atoms with Crippen LogP contribution in [-0.2, 0) is 4.79 Å². The van der Waals surface area contributed by atoms with Gasteiger partial charge >= 0.3 is 11.8 Å². The van der Waals surface area contributed by atoms with E-state index in [2.05, 4.69) is 6.58 Å². The van der Waals surface area contributed by atoms with Crippen LogP contribution in [0.5, 0.6) is 0 Å². The molecule has 21 heavy (non-hydrogen) atoms. The first-order valence-electron chi connectivity index (χ1n) is 6.54. The second-order valence-electron chi connectivity index (χ2n) is 4.92. The van der Waals surface area contributed by atoms with E-state index >= 15 is 0 Å². The number of hydrogen-bond donors (Lipinski definition) is 0. The molecule has 4 heteroatoms. The van der Waals surface area contributed by atoms with Crippen molar-refractivity contribution >= 4 is 11.6 Å². The van der Waals surface area contributed by atoms with Gasteiger partial charge in [0.15, 0.2) is 0 Å². The molecule has 1 aliphatic heterocycles. The van der Waals surface area contributed by atoms with Crippen LogP contribution in [0.1, 0.15) is 17.2 Å². The van der Waals surface area contributed by atoms with Crippen LogP contribution in [0, 0.1) is 0 Å². The van der Waals surface area contributed by atoms with Gasteiger partial charge < -0.3 is 0 Å². The molecule has 0 N–H and O–H groups in total. The number of β-lactam (4-membered cyclic amide) rings is 1. The molecule has 0 radical (unpaired) electrons. The summed E-state index contributed by atoms with van der Waals surface area (Å²) in [6.07, 6.45) is 0. The molecule has 0 spiro atoms. The van der Waals surface area contributed by atoms with E-state index in [1.54, 1.807) is 54.6 Å². The Morgan fingerprint density at radius 2 is 1.52 bits per heavy atom. The zero-order chi connectivity index (χ0) is 15.0. The number of halogens is 2. The molecule has 2 aromatic carbocycles. The number of benzene rings is 2. The van der Waals surface area contributed by atoms with Crippen molar-refractivity contribution in [3.05, 3.63) is 78.4 Å². The summed E-state index contributed by atoms with van der Waals surface area (Å²) in [5, 5.41) is 0. The largest absolute Gasteiger partial charge is 0.349 e. The molecule has 0 saturated carbocycles. The normalized spacial score (nSPS) is 20.0. The van der Waals surface area contributed by atoms with Gasteiger partial charge in [0.1, 0.15) is 6.04 Å². The summed E-state index contributed by atoms with van der Waals surface area (Å²) in [5.41, 5.74) is 1.35. The van der Waals surface area contributed by atoms with Crippen LogP contribution in [0.2, 0.25) is 0 Å². The predicted molar refractivity (Wildman–Crippen MR) is 76.5 cm³/mol. The smallest absolute Gasteiger partial charge is 0.293 e. The monoisotopic (exact) mass is 285 g/mol. The Kier molecular flexibility index (Phi) is 3.09. The van der Waals surface area contributed by atoms with Crippen LogP contribution in [0.3, 0.4) is 0 Å². The minimum absolute atomic E-state index is 0.292. The summed E-state index contributed by atoms with van der Waals surface area (Å²) in [7, 11) is 0. The molecule has 0 bridgehead atoms. The molecule has 2 aromatic rings. The standard InChI is InChI=1S/C17H13F2NO/c1-12(13-8-4-2-5-9-13)20-15(17(18,19)16(20)21)14-10-6-3-7-11-14/h2-11,15H,1H2/t15-/m0/s1. The third kappa shape index (κ3) is 2.03. The molecule has 1 fully saturated rings. The maximum Gasteiger partial charge on any atom is 0.349 e. The summed E-state index contributed by atoms with van der Waals surface area (Å²) in [6, 6.07) is 15.9. The lowest BCUT2D eigenvalue weighted by molar-refractivity contribution is -0.195. The summed E-state index contributed by atoms with van der Waals surface area (Å²) in [5.74, 6) is -4.59. The Labute approximate surface area is 121 Å². The van der Waals surface area contributed by atoms with Crippen molar-refractivity contribution in [2.75, 3.05) is 0 Å². The van der Waals surface area contributed by atoms with Gasteiger partial charge in [0.25, 0.3) is 0 Å². The fraction of sp³-hybridized carbons (Fsp3) is 0.118. The van der Waals surface area contributed by atoms with E-state index in [1.807, 2.05) is 6.07 Å². The summed E-state index contributed by atoms with van der Waals surface area (Å²) >= 11 is 0. The Hall–Kier alpha value is -2.49. The first-order valence-corrected chi connectivity index (χ1v) is 6.54. The van der Waals surface area contributed by atoms with Gasteiger partial charge in [0.05, 0.1) is 0 Å². The van der Waals surface area contributed by atoms with Crippen LogP contribution in [0.4, 0.5) is 8.78 Å². The first-order chi connectivity index (χ1) is 10.0. The average molecular weight is 285 g/mol. The molecule has 1 atom stereocenters. The van der Waals surface area contributed by atoms with Crippen molar-refractivity contribution in [3.63, 3.8) is 0 Å². The van der Waals surface area contributed by atoms with Gasteiger partial charge in [-0.05, 0) is 11.1 Å². The molecule has 106 valence electrons. The first kappa shape index (κ1) is 13.5. The van der Waals surface area contributed by atoms with Crippen molar-refractivity contribution in [1.82, 2.24) is 4.90 Å². The highest BCUT2D eigenvalue weighted by atomic mass is 19.3. The highest BCUT2D eigenvalue weighted by molar-refractivity contribution is 5.98. The molecular formula is C17H13F2NO. The number of amides is 1. The molecule has 3 rings (SSSR count). The molecule has 1 aliphatic rings. The second-order valence-corrected chi connectivity index (χ2v) is 4.92. The fourth-order valence-electron chi connectivity index (χ4n) is 2.53. The van der Waals surface area contributed by atoms with E-state index in [-0.39, 0.29) is 0 Å². The van der Waals surface area contributed by atoms with Gasteiger partial charge in [-0.3, -0.25) is 9.69 Å². The molecular weight excluding hydrogens is 272 g/mol. The van der Waals surface area contributed by atoms with Crippen molar-refractivity contribution in [2.45, 2.75) is 12.0 Å². The minimum atomic E-state index is -3.39. The lowest BCUT2D eigenvalue weighted by Gasteiger charge is -2.47. The van der Waals surface area contributed by atoms with E-state index in [4.69, 9.17) is 0 Å². The second kappa shape index (κ2) is 4.81. The van der Waals surface area contributed by atoms with Crippen molar-refractivity contribution < 1.29 is 13.6 Å². The Morgan fingerprint density at radius 1 is 1.00 bits per heavy atom. The highest BCUT2D eigenvalue weighted by Crippen LogP contribution is 2.50. The van der Waals surface area contributed by atoms with Crippen LogP contribution < -0.4 is 0 Å². The van der Waals surface area contributed by atoms with Gasteiger partial charge in [0.2, 0.25) is 0 Å². The topological polar surface area (TPSA) is 20.3 Å². The molecule has 0 aromatic heterocycles. The molecule has 1 amide bonds. The third-order valence-electron chi connectivity index (χ3n) is 3.62. The van der Waals surface area contributed by atoms with Crippen LogP contribution in [0.25, 0.3) is 5.70 Å². The number of nitrogens with zero attached hydrogens (tertiary/aromatic N) is 1. The van der Waals surface area contributed by atoms with E-state index in [9.17, 15) is 13.6 Å². The number of rotatable bonds is 3. The van der Waals surface area contributed by atoms with Crippen molar-refractivity contribution in [1.29, 1.82) is 0 Å². The zero-order valence-corrected chi connectivity index (χ0v) is 11.2. The maximum absolute atomic E-state index is 14.0. The fourth-order valence-corrected chi connectivity index (χ4v) is 2.53. The number of carbonyl (C=O) groups is 1. The third-order valence-corrected chi connectivity index (χ3v) is 3.62. The van der Waals surface area contributed by atoms with E-state index in [1.165, 1.54) is 0 Å². The predicted octanol–water partition coefficient (Wildman–Crippen LogP) is 3.88. The summed E-state index contributed by atoms with van der Waals surface area (Å²) < 4.78 is 28.0.